The van der Waals surface area contributed by atoms with Gasteiger partial charge in [0.1, 0.15) is 0 Å². The lowest BCUT2D eigenvalue weighted by Crippen LogP contribution is -2.09. The maximum Gasteiger partial charge on any atom is 0.161 e. The first kappa shape index (κ1) is 17.4. The molecule has 0 unspecified atom stereocenters. The number of halogens is 2. The summed E-state index contributed by atoms with van der Waals surface area (Å²) in [5, 5.41) is 5.52. The molecule has 0 amide bonds. The monoisotopic (exact) mass is 352 g/mol. The Labute approximate surface area is 146 Å². The van der Waals surface area contributed by atoms with Crippen molar-refractivity contribution in [3.8, 4) is 11.5 Å². The Hall–Kier alpha value is -1.91. The second-order valence-electron chi connectivity index (χ2n) is 4.85. The van der Waals surface area contributed by atoms with Gasteiger partial charge in [-0.05, 0) is 36.8 Å². The van der Waals surface area contributed by atoms with Gasteiger partial charge in [0.25, 0.3) is 0 Å². The topological polar surface area (TPSA) is 42.8 Å². The number of ether oxygens (including phenoxy) is 2. The highest BCUT2D eigenvalue weighted by atomic mass is 35.5. The van der Waals surface area contributed by atoms with E-state index in [9.17, 15) is 0 Å². The Balaban J connectivity index is 2.06. The average molecular weight is 353 g/mol. The maximum absolute atomic E-state index is 6.17. The zero-order valence-electron chi connectivity index (χ0n) is 13.2. The first-order chi connectivity index (χ1) is 11.0. The summed E-state index contributed by atoms with van der Waals surface area (Å²) in [6, 6.07) is 11.1. The molecule has 0 saturated heterocycles. The van der Waals surface area contributed by atoms with Gasteiger partial charge in [0.2, 0.25) is 0 Å². The third-order valence-electron chi connectivity index (χ3n) is 3.30. The predicted molar refractivity (Wildman–Crippen MR) is 95.1 cm³/mol. The highest BCUT2D eigenvalue weighted by molar-refractivity contribution is 6.36. The molecule has 0 saturated carbocycles. The average Bonchev–Trinajstić information content (AvgIpc) is 2.54. The molecule has 0 aliphatic heterocycles. The second kappa shape index (κ2) is 8.09. The predicted octanol–water partition coefficient (Wildman–Crippen LogP) is 4.52. The van der Waals surface area contributed by atoms with Crippen LogP contribution in [0.3, 0.4) is 0 Å². The van der Waals surface area contributed by atoms with Gasteiger partial charge in [-0.2, -0.15) is 5.10 Å². The van der Waals surface area contributed by atoms with Crippen LogP contribution in [0.2, 0.25) is 10.0 Å². The minimum Gasteiger partial charge on any atom is -0.493 e. The number of hydrogen-bond acceptors (Lipinski definition) is 4. The normalized spacial score (nSPS) is 11.3. The molecule has 0 radical (unpaired) electrons. The minimum absolute atomic E-state index is 0.558. The van der Waals surface area contributed by atoms with Gasteiger partial charge in [-0.25, -0.2) is 0 Å². The van der Waals surface area contributed by atoms with E-state index in [-0.39, 0.29) is 0 Å². The first-order valence-corrected chi connectivity index (χ1v) is 7.74. The molecule has 0 fully saturated rings. The summed E-state index contributed by atoms with van der Waals surface area (Å²) >= 11 is 12.1. The molecule has 4 nitrogen and oxygen atoms in total. The zero-order valence-corrected chi connectivity index (χ0v) is 14.7. The van der Waals surface area contributed by atoms with Crippen molar-refractivity contribution < 1.29 is 9.47 Å². The summed E-state index contributed by atoms with van der Waals surface area (Å²) in [5.41, 5.74) is 5.69. The minimum atomic E-state index is 0.558. The molecule has 0 atom stereocenters. The third-order valence-corrected chi connectivity index (χ3v) is 3.85. The van der Waals surface area contributed by atoms with Crippen molar-refractivity contribution >= 4 is 28.9 Å². The van der Waals surface area contributed by atoms with E-state index in [1.54, 1.807) is 26.4 Å². The SMILES string of the molecule is COc1ccc(CN/N=C(\C)c2ccc(Cl)cc2Cl)cc1OC. The third kappa shape index (κ3) is 4.53. The standard InChI is InChI=1S/C17H18Cl2N2O2/c1-11(14-6-5-13(18)9-15(14)19)21-20-10-12-4-7-16(22-2)17(8-12)23-3/h4-9,20H,10H2,1-3H3/b21-11+. The Morgan fingerprint density at radius 1 is 1.04 bits per heavy atom. The lowest BCUT2D eigenvalue weighted by atomic mass is 10.1. The number of rotatable bonds is 6. The molecule has 6 heteroatoms. The summed E-state index contributed by atoms with van der Waals surface area (Å²) in [6.07, 6.45) is 0. The number of benzene rings is 2. The first-order valence-electron chi connectivity index (χ1n) is 6.98. The fourth-order valence-electron chi connectivity index (χ4n) is 2.08. The Kier molecular flexibility index (Phi) is 6.13. The van der Waals surface area contributed by atoms with E-state index in [1.807, 2.05) is 31.2 Å². The molecule has 0 heterocycles. The molecule has 2 rings (SSSR count). The number of hydrazone groups is 1. The van der Waals surface area contributed by atoms with E-state index in [2.05, 4.69) is 10.5 Å². The summed E-state index contributed by atoms with van der Waals surface area (Å²) in [5.74, 6) is 1.39. The van der Waals surface area contributed by atoms with Gasteiger partial charge < -0.3 is 14.9 Å². The van der Waals surface area contributed by atoms with E-state index in [1.165, 1.54) is 0 Å². The van der Waals surface area contributed by atoms with Crippen LogP contribution in [0, 0.1) is 0 Å². The molecule has 1 N–H and O–H groups in total. The Morgan fingerprint density at radius 3 is 2.43 bits per heavy atom. The van der Waals surface area contributed by atoms with E-state index in [0.717, 1.165) is 16.8 Å². The zero-order chi connectivity index (χ0) is 16.8. The lowest BCUT2D eigenvalue weighted by molar-refractivity contribution is 0.354. The number of hydrogen-bond donors (Lipinski definition) is 1. The number of methoxy groups -OCH3 is 2. The van der Waals surface area contributed by atoms with Crippen molar-refractivity contribution in [3.63, 3.8) is 0 Å². The molecule has 0 aliphatic rings. The molecule has 0 aromatic heterocycles. The smallest absolute Gasteiger partial charge is 0.161 e. The quantitative estimate of drug-likeness (QED) is 0.613. The maximum atomic E-state index is 6.17. The van der Waals surface area contributed by atoms with E-state index < -0.39 is 0 Å². The van der Waals surface area contributed by atoms with Crippen molar-refractivity contribution in [3.05, 3.63) is 57.6 Å². The van der Waals surface area contributed by atoms with Crippen LogP contribution in [0.15, 0.2) is 41.5 Å². The van der Waals surface area contributed by atoms with Crippen molar-refractivity contribution in [2.45, 2.75) is 13.5 Å². The molecule has 2 aromatic carbocycles. The van der Waals surface area contributed by atoms with Gasteiger partial charge in [0.15, 0.2) is 11.5 Å². The molecule has 122 valence electrons. The largest absolute Gasteiger partial charge is 0.493 e. The van der Waals surface area contributed by atoms with Crippen molar-refractivity contribution in [2.75, 3.05) is 14.2 Å². The Bertz CT molecular complexity index is 718. The Morgan fingerprint density at radius 2 is 1.78 bits per heavy atom. The van der Waals surface area contributed by atoms with Crippen molar-refractivity contribution in [2.24, 2.45) is 5.10 Å². The number of nitrogens with one attached hydrogen (secondary N) is 1. The van der Waals surface area contributed by atoms with E-state index in [4.69, 9.17) is 32.7 Å². The molecular weight excluding hydrogens is 335 g/mol. The van der Waals surface area contributed by atoms with Crippen LogP contribution in [0.25, 0.3) is 0 Å². The second-order valence-corrected chi connectivity index (χ2v) is 5.69. The molecule has 0 aliphatic carbocycles. The summed E-state index contributed by atoms with van der Waals surface area (Å²) in [6.45, 7) is 2.44. The van der Waals surface area contributed by atoms with E-state index in [0.29, 0.717) is 28.1 Å². The van der Waals surface area contributed by atoms with Crippen LogP contribution in [0.4, 0.5) is 0 Å². The molecule has 0 spiro atoms. The molecule has 0 bridgehead atoms. The van der Waals surface area contributed by atoms with Crippen molar-refractivity contribution in [1.29, 1.82) is 0 Å². The molecule has 2 aromatic rings. The summed E-state index contributed by atoms with van der Waals surface area (Å²) in [4.78, 5) is 0. The summed E-state index contributed by atoms with van der Waals surface area (Å²) < 4.78 is 10.5. The highest BCUT2D eigenvalue weighted by Crippen LogP contribution is 2.27. The van der Waals surface area contributed by atoms with E-state index >= 15 is 0 Å². The fraction of sp³-hybridized carbons (Fsp3) is 0.235. The van der Waals surface area contributed by atoms with Crippen molar-refractivity contribution in [1.82, 2.24) is 5.43 Å². The number of nitrogens with zero attached hydrogens (tertiary/aromatic N) is 1. The van der Waals surface area contributed by atoms with Crippen LogP contribution < -0.4 is 14.9 Å². The van der Waals surface area contributed by atoms with Gasteiger partial charge in [0.05, 0.1) is 31.5 Å². The fourth-order valence-corrected chi connectivity index (χ4v) is 2.63. The van der Waals surface area contributed by atoms with Crippen LogP contribution in [-0.2, 0) is 6.54 Å². The van der Waals surface area contributed by atoms with Crippen LogP contribution in [0.1, 0.15) is 18.1 Å². The van der Waals surface area contributed by atoms with Crippen LogP contribution in [-0.4, -0.2) is 19.9 Å². The van der Waals surface area contributed by atoms with Gasteiger partial charge in [-0.1, -0.05) is 35.3 Å². The summed E-state index contributed by atoms with van der Waals surface area (Å²) in [7, 11) is 3.22. The van der Waals surface area contributed by atoms with Gasteiger partial charge in [-0.3, -0.25) is 0 Å². The van der Waals surface area contributed by atoms with Gasteiger partial charge in [0, 0.05) is 10.6 Å². The van der Waals surface area contributed by atoms with Gasteiger partial charge in [-0.15, -0.1) is 0 Å². The van der Waals surface area contributed by atoms with Crippen LogP contribution in [0.5, 0.6) is 11.5 Å². The van der Waals surface area contributed by atoms with Gasteiger partial charge >= 0.3 is 0 Å². The highest BCUT2D eigenvalue weighted by Gasteiger charge is 2.06. The lowest BCUT2D eigenvalue weighted by Gasteiger charge is -2.10. The molecule has 23 heavy (non-hydrogen) atoms. The molecular formula is C17H18Cl2N2O2. The van der Waals surface area contributed by atoms with Crippen LogP contribution >= 0.6 is 23.2 Å².